The van der Waals surface area contributed by atoms with Gasteiger partial charge in [-0.25, -0.2) is 0 Å². The van der Waals surface area contributed by atoms with Crippen LogP contribution in [0, 0.1) is 29.6 Å². The van der Waals surface area contributed by atoms with E-state index >= 15 is 0 Å². The van der Waals surface area contributed by atoms with Crippen molar-refractivity contribution in [3.8, 4) is 23.0 Å². The molecule has 9 aromatic rings. The van der Waals surface area contributed by atoms with Crippen molar-refractivity contribution in [3.63, 3.8) is 0 Å². The Labute approximate surface area is 760 Å². The number of aliphatic hydroxyl groups excluding tert-OH is 1. The summed E-state index contributed by atoms with van der Waals surface area (Å²) in [4.78, 5) is 68.7. The smallest absolute Gasteiger partial charge is 0.237 e. The van der Waals surface area contributed by atoms with Crippen LogP contribution in [-0.2, 0) is 30.5 Å². The van der Waals surface area contributed by atoms with Crippen molar-refractivity contribution in [1.29, 1.82) is 0 Å². The van der Waals surface area contributed by atoms with Gasteiger partial charge in [-0.05, 0) is 188 Å². The first-order valence-electron chi connectivity index (χ1n) is 46.5. The van der Waals surface area contributed by atoms with Crippen molar-refractivity contribution in [2.75, 3.05) is 52.6 Å². The fourth-order valence-corrected chi connectivity index (χ4v) is 14.4. The van der Waals surface area contributed by atoms with Gasteiger partial charge in [-0.2, -0.15) is 0 Å². The maximum Gasteiger partial charge on any atom is 0.237 e. The minimum atomic E-state index is -0.705. The zero-order valence-corrected chi connectivity index (χ0v) is 78.8. The van der Waals surface area contributed by atoms with E-state index in [1.807, 2.05) is 285 Å². The third-order valence-electron chi connectivity index (χ3n) is 23.4. The van der Waals surface area contributed by atoms with E-state index in [4.69, 9.17) is 30.4 Å². The second kappa shape index (κ2) is 58.7. The van der Waals surface area contributed by atoms with Crippen LogP contribution in [-0.4, -0.2) is 110 Å². The second-order valence-electron chi connectivity index (χ2n) is 34.7. The van der Waals surface area contributed by atoms with Crippen molar-refractivity contribution >= 4 is 29.4 Å². The number of carbonyl (C=O) groups excluding carboxylic acids is 5. The van der Waals surface area contributed by atoms with Gasteiger partial charge < -0.3 is 67.4 Å². The first-order chi connectivity index (χ1) is 61.1. The number of aromatic nitrogens is 1. The van der Waals surface area contributed by atoms with Crippen LogP contribution in [0.5, 0.6) is 23.0 Å². The minimum absolute atomic E-state index is 0.00696. The normalized spacial score (nSPS) is 14.9. The number of Topliss-reactive ketones (excluding diaryl/α,β-unsaturated/α-hetero) is 1. The highest BCUT2D eigenvalue weighted by Crippen LogP contribution is 2.31. The minimum Gasteiger partial charge on any atom is -0.493 e. The molecular formula is C108H151N9O10. The van der Waals surface area contributed by atoms with Gasteiger partial charge in [0.25, 0.3) is 0 Å². The molecule has 19 nitrogen and oxygen atoms in total. The van der Waals surface area contributed by atoms with Crippen LogP contribution in [0.4, 0.5) is 0 Å². The highest BCUT2D eigenvalue weighted by molar-refractivity contribution is 5.87. The molecule has 3 unspecified atom stereocenters. The molecule has 9 rings (SSSR count). The van der Waals surface area contributed by atoms with E-state index in [1.165, 1.54) is 6.42 Å². The van der Waals surface area contributed by atoms with Crippen LogP contribution in [0.15, 0.2) is 243 Å². The standard InChI is InChI=1S/C30H44N2O3.C29H37N3O2.C26H39N3O2.C23H31NO3/c1-6-11-21(3)20-35-27-16-14-25(15-17-27)26(19-32-30(34)29(31)22(4)7-2)18-28(33)23(5)24-12-9-8-10-13-24;1-4-9-22(2)21-34-27-15-13-26(14-16-27)28(20-31-19-24-10-8-17-30-18-24)32-29(33)23(3)25-11-6-5-7-12-25;1-5-9-19(2)18-31-24-14-12-23(13-15-24)25(17-28-16-20(3)27)29-26(30)21(4)22-10-7-6-8-11-22;1-5-16(2)15-27-21-13-11-20(12-14-21)22(18(4)25)24-23(26)17(3)19-9-7-6-8-10-19/h8-10,12-17,21-23,26,29H,6-7,11,18-20,31H2,1-5H3,(H,32,34);5-8,10-18,22-23,28,31H,4,9,19-21H2,1-3H3,(H,32,33);6-8,10-15,19-21,25,28H,5,9,16-18,27H2,1-4H3,(H,29,30);6-14,16-18,22,25H,5,15H2,1-4H3,(H,24,26)/t21?,22-,23-,26-,29+;22?,23-,28-;19?,20-,21-,25-;16-,17-,18+,22-/m0000/s1. The lowest BCUT2D eigenvalue weighted by Crippen LogP contribution is -2.45. The molecule has 1 heterocycles. The fraction of sp³-hybridized carbons (Fsp3) is 0.463. The van der Waals surface area contributed by atoms with Gasteiger partial charge in [-0.3, -0.25) is 29.0 Å². The van der Waals surface area contributed by atoms with Gasteiger partial charge in [-0.15, -0.1) is 0 Å². The van der Waals surface area contributed by atoms with E-state index in [9.17, 15) is 29.1 Å². The van der Waals surface area contributed by atoms with Crippen LogP contribution in [0.2, 0.25) is 0 Å². The van der Waals surface area contributed by atoms with Crippen molar-refractivity contribution in [1.82, 2.24) is 36.9 Å². The number of hydrogen-bond donors (Lipinski definition) is 9. The number of ketones is 1. The zero-order valence-electron chi connectivity index (χ0n) is 78.8. The van der Waals surface area contributed by atoms with E-state index in [2.05, 4.69) is 92.3 Å². The van der Waals surface area contributed by atoms with E-state index in [0.29, 0.717) is 82.6 Å². The SMILES string of the molecule is CCCC(C)COc1ccc([C@H](CNC(=O)[C@H](N)[C@@H](C)CC)CC(=O)[C@@H](C)c2ccccc2)cc1.CCCC(C)COc1ccc([C@H](CNC[C@H](C)N)NC(=O)[C@@H](C)c2ccccc2)cc1.CCCC(C)COc1ccc([C@H](CNCc2cccnc2)NC(=O)[C@@H](C)c2ccccc2)cc1.CC[C@H](C)COc1ccc([C@@H](NC(=O)[C@@H](C)c2ccccc2)[C@@H](C)O)cc1. The summed E-state index contributed by atoms with van der Waals surface area (Å²) in [5.74, 6) is 4.32. The maximum absolute atomic E-state index is 13.2. The number of nitrogens with one attached hydrogen (secondary N) is 6. The molecule has 0 spiro atoms. The third-order valence-corrected chi connectivity index (χ3v) is 23.4. The van der Waals surface area contributed by atoms with Crippen LogP contribution in [0.3, 0.4) is 0 Å². The molecule has 1 aromatic heterocycles. The van der Waals surface area contributed by atoms with Gasteiger partial charge in [0.15, 0.2) is 0 Å². The number of benzene rings is 8. The second-order valence-corrected chi connectivity index (χ2v) is 34.7. The van der Waals surface area contributed by atoms with E-state index < -0.39 is 18.2 Å². The van der Waals surface area contributed by atoms with E-state index in [-0.39, 0.29) is 83.0 Å². The molecule has 0 radical (unpaired) electrons. The zero-order chi connectivity index (χ0) is 92.4. The Bertz CT molecular complexity index is 4480. The van der Waals surface area contributed by atoms with Crippen LogP contribution < -0.4 is 62.3 Å². The summed E-state index contributed by atoms with van der Waals surface area (Å²) in [5, 5.41) is 29.5. The summed E-state index contributed by atoms with van der Waals surface area (Å²) in [6.45, 7) is 38.6. The van der Waals surface area contributed by atoms with Gasteiger partial charge in [0.05, 0.1) is 74.5 Å². The highest BCUT2D eigenvalue weighted by Gasteiger charge is 2.28. The molecule has 0 aliphatic heterocycles. The molecule has 688 valence electrons. The Morgan fingerprint density at radius 2 is 0.732 bits per heavy atom. The Morgan fingerprint density at radius 1 is 0.370 bits per heavy atom. The number of amides is 4. The Hall–Kier alpha value is -10.5. The molecule has 4 amide bonds. The van der Waals surface area contributed by atoms with Crippen molar-refractivity contribution in [3.05, 3.63) is 293 Å². The molecule has 8 aromatic carbocycles. The first-order valence-corrected chi connectivity index (χ1v) is 46.5. The maximum atomic E-state index is 13.2. The highest BCUT2D eigenvalue weighted by atomic mass is 16.5. The molecule has 11 N–H and O–H groups in total. The molecule has 0 aliphatic rings. The quantitative estimate of drug-likeness (QED) is 0.0171. The number of nitrogens with two attached hydrogens (primary N) is 2. The summed E-state index contributed by atoms with van der Waals surface area (Å²) >= 11 is 0. The van der Waals surface area contributed by atoms with E-state index in [0.717, 1.165) is 125 Å². The average Bonchev–Trinajstić information content (AvgIpc) is 0.853. The fourth-order valence-electron chi connectivity index (χ4n) is 14.4. The first kappa shape index (κ1) is 105. The van der Waals surface area contributed by atoms with Crippen LogP contribution in [0.1, 0.15) is 266 Å². The summed E-state index contributed by atoms with van der Waals surface area (Å²) < 4.78 is 23.6. The van der Waals surface area contributed by atoms with Crippen LogP contribution >= 0.6 is 0 Å². The van der Waals surface area contributed by atoms with Crippen molar-refractivity contribution < 1.29 is 48.0 Å². The lowest BCUT2D eigenvalue weighted by molar-refractivity contribution is -0.124. The summed E-state index contributed by atoms with van der Waals surface area (Å²) in [5.41, 5.74) is 21.0. The number of rotatable bonds is 50. The van der Waals surface area contributed by atoms with Gasteiger partial charge in [0, 0.05) is 69.4 Å². The van der Waals surface area contributed by atoms with Crippen molar-refractivity contribution in [2.24, 2.45) is 41.1 Å². The Kier molecular flexibility index (Phi) is 48.7. The number of aliphatic hydroxyl groups is 1. The van der Waals surface area contributed by atoms with Gasteiger partial charge in [0.1, 0.15) is 28.8 Å². The molecule has 0 saturated heterocycles. The largest absolute Gasteiger partial charge is 0.493 e. The average molecular weight is 1740 g/mol. The summed E-state index contributed by atoms with van der Waals surface area (Å²) in [6, 6.07) is 73.5. The van der Waals surface area contributed by atoms with Gasteiger partial charge in [-0.1, -0.05) is 284 Å². The number of nitrogens with zero attached hydrogens (tertiary/aromatic N) is 1. The molecule has 19 heteroatoms. The molecule has 0 saturated carbocycles. The van der Waals surface area contributed by atoms with Gasteiger partial charge in [0.2, 0.25) is 23.6 Å². The molecule has 16 atom stereocenters. The molecule has 0 fully saturated rings. The lowest BCUT2D eigenvalue weighted by Gasteiger charge is -2.24. The summed E-state index contributed by atoms with van der Waals surface area (Å²) in [6.07, 6.45) is 12.1. The Balaban J connectivity index is 0.000000262. The Morgan fingerprint density at radius 3 is 1.09 bits per heavy atom. The topological polar surface area (TPSA) is 280 Å². The monoisotopic (exact) mass is 1730 g/mol. The molecule has 0 bridgehead atoms. The number of ether oxygens (including phenoxy) is 4. The van der Waals surface area contributed by atoms with E-state index in [1.54, 1.807) is 13.1 Å². The lowest BCUT2D eigenvalue weighted by atomic mass is 9.87. The molecule has 127 heavy (non-hydrogen) atoms. The third kappa shape index (κ3) is 38.9. The molecule has 0 aliphatic carbocycles. The predicted octanol–water partition coefficient (Wildman–Crippen LogP) is 20.3. The van der Waals surface area contributed by atoms with Crippen molar-refractivity contribution in [2.45, 2.75) is 241 Å². The number of hydrogen-bond acceptors (Lipinski definition) is 15. The predicted molar refractivity (Wildman–Crippen MR) is 518 cm³/mol. The molecular weight excluding hydrogens is 1580 g/mol. The number of pyridine rings is 1. The van der Waals surface area contributed by atoms with Gasteiger partial charge >= 0.3 is 0 Å². The summed E-state index contributed by atoms with van der Waals surface area (Å²) in [7, 11) is 0. The van der Waals surface area contributed by atoms with Crippen LogP contribution in [0.25, 0.3) is 0 Å². The number of carbonyl (C=O) groups is 5.